The Balaban J connectivity index is 1.60. The summed E-state index contributed by atoms with van der Waals surface area (Å²) < 4.78 is 22.0. The number of ether oxygens (including phenoxy) is 4. The number of carbonyl (C=O) groups is 2. The summed E-state index contributed by atoms with van der Waals surface area (Å²) in [7, 11) is 3.12. The van der Waals surface area contributed by atoms with E-state index in [1.807, 2.05) is 17.5 Å². The molecule has 7 heteroatoms. The summed E-state index contributed by atoms with van der Waals surface area (Å²) in [4.78, 5) is 26.1. The minimum Gasteiger partial charge on any atom is -0.497 e. The van der Waals surface area contributed by atoms with E-state index in [9.17, 15) is 9.59 Å². The molecule has 0 fully saturated rings. The largest absolute Gasteiger partial charge is 0.497 e. The number of ketones is 1. The smallest absolute Gasteiger partial charge is 0.316 e. The lowest BCUT2D eigenvalue weighted by atomic mass is 10.1. The van der Waals surface area contributed by atoms with Crippen LogP contribution in [0.25, 0.3) is 6.08 Å². The fourth-order valence-corrected chi connectivity index (χ4v) is 3.98. The Morgan fingerprint density at radius 3 is 2.61 bits per heavy atom. The standard InChI is InChI=1S/C24H20O6S/c1-14-19(29-22(25)13-17-5-4-10-31-17)9-7-18-23(26)21(30-24(14)18)12-15-11-16(27-2)6-8-20(15)28-3/h4-12H,13H2,1-3H3/b21-12-. The van der Waals surface area contributed by atoms with Crippen LogP contribution < -0.4 is 18.9 Å². The van der Waals surface area contributed by atoms with Gasteiger partial charge in [0, 0.05) is 16.0 Å². The molecule has 0 bridgehead atoms. The predicted octanol–water partition coefficient (Wildman–Crippen LogP) is 4.84. The first-order valence-corrected chi connectivity index (χ1v) is 10.4. The number of fused-ring (bicyclic) bond motifs is 1. The van der Waals surface area contributed by atoms with Crippen molar-refractivity contribution >= 4 is 29.2 Å². The number of rotatable bonds is 6. The molecule has 0 radical (unpaired) electrons. The van der Waals surface area contributed by atoms with Crippen molar-refractivity contribution in [3.8, 4) is 23.0 Å². The third-order valence-electron chi connectivity index (χ3n) is 4.88. The third kappa shape index (κ3) is 4.18. The van der Waals surface area contributed by atoms with Crippen LogP contribution in [-0.4, -0.2) is 26.0 Å². The highest BCUT2D eigenvalue weighted by atomic mass is 32.1. The molecule has 158 valence electrons. The highest BCUT2D eigenvalue weighted by molar-refractivity contribution is 7.10. The van der Waals surface area contributed by atoms with E-state index in [1.54, 1.807) is 57.6 Å². The van der Waals surface area contributed by atoms with Gasteiger partial charge in [-0.1, -0.05) is 6.07 Å². The zero-order valence-electron chi connectivity index (χ0n) is 17.3. The van der Waals surface area contributed by atoms with Crippen LogP contribution in [0.4, 0.5) is 0 Å². The summed E-state index contributed by atoms with van der Waals surface area (Å²) in [6.07, 6.45) is 1.81. The first kappa shape index (κ1) is 20.7. The average Bonchev–Trinajstić information content (AvgIpc) is 3.38. The predicted molar refractivity (Wildman–Crippen MR) is 117 cm³/mol. The molecule has 0 aliphatic carbocycles. The molecule has 3 aromatic rings. The molecule has 0 atom stereocenters. The van der Waals surface area contributed by atoms with E-state index in [4.69, 9.17) is 18.9 Å². The third-order valence-corrected chi connectivity index (χ3v) is 5.76. The molecule has 1 aromatic heterocycles. The van der Waals surface area contributed by atoms with Gasteiger partial charge in [0.25, 0.3) is 0 Å². The fourth-order valence-electron chi connectivity index (χ4n) is 3.29. The van der Waals surface area contributed by atoms with Gasteiger partial charge in [0.2, 0.25) is 5.78 Å². The number of hydrogen-bond acceptors (Lipinski definition) is 7. The van der Waals surface area contributed by atoms with Gasteiger partial charge >= 0.3 is 5.97 Å². The topological polar surface area (TPSA) is 71.1 Å². The molecule has 31 heavy (non-hydrogen) atoms. The molecule has 2 aromatic carbocycles. The molecular formula is C24H20O6S. The van der Waals surface area contributed by atoms with Gasteiger partial charge in [-0.25, -0.2) is 0 Å². The molecule has 0 spiro atoms. The van der Waals surface area contributed by atoms with E-state index in [0.717, 1.165) is 4.88 Å². The highest BCUT2D eigenvalue weighted by Gasteiger charge is 2.31. The second-order valence-corrected chi connectivity index (χ2v) is 7.88. The van der Waals surface area contributed by atoms with E-state index in [-0.39, 0.29) is 23.9 Å². The van der Waals surface area contributed by atoms with Crippen LogP contribution in [0.5, 0.6) is 23.0 Å². The maximum Gasteiger partial charge on any atom is 0.316 e. The number of benzene rings is 2. The van der Waals surface area contributed by atoms with Crippen molar-refractivity contribution in [2.45, 2.75) is 13.3 Å². The minimum atomic E-state index is -0.369. The number of Topliss-reactive ketones (excluding diaryl/α,β-unsaturated/α-hetero) is 1. The van der Waals surface area contributed by atoms with Crippen molar-refractivity contribution < 1.29 is 28.5 Å². The summed E-state index contributed by atoms with van der Waals surface area (Å²) in [5.74, 6) is 1.51. The van der Waals surface area contributed by atoms with Crippen LogP contribution in [0.1, 0.15) is 26.4 Å². The van der Waals surface area contributed by atoms with Crippen LogP contribution in [0.15, 0.2) is 53.6 Å². The highest BCUT2D eigenvalue weighted by Crippen LogP contribution is 2.40. The number of thiophene rings is 1. The second kappa shape index (κ2) is 8.65. The van der Waals surface area contributed by atoms with Crippen molar-refractivity contribution in [2.24, 2.45) is 0 Å². The molecular weight excluding hydrogens is 416 g/mol. The van der Waals surface area contributed by atoms with E-state index < -0.39 is 0 Å². The van der Waals surface area contributed by atoms with E-state index in [1.165, 1.54) is 11.3 Å². The van der Waals surface area contributed by atoms with Crippen molar-refractivity contribution in [1.82, 2.24) is 0 Å². The SMILES string of the molecule is COc1ccc(OC)c(/C=C2\Oc3c(ccc(OC(=O)Cc4cccs4)c3C)C2=O)c1. The number of hydrogen-bond donors (Lipinski definition) is 0. The van der Waals surface area contributed by atoms with Crippen LogP contribution in [0.3, 0.4) is 0 Å². The van der Waals surface area contributed by atoms with Crippen LogP contribution >= 0.6 is 11.3 Å². The number of methoxy groups -OCH3 is 2. The van der Waals surface area contributed by atoms with E-state index in [0.29, 0.717) is 39.7 Å². The zero-order chi connectivity index (χ0) is 22.0. The van der Waals surface area contributed by atoms with Crippen molar-refractivity contribution in [3.63, 3.8) is 0 Å². The van der Waals surface area contributed by atoms with E-state index in [2.05, 4.69) is 0 Å². The summed E-state index contributed by atoms with van der Waals surface area (Å²) in [5, 5.41) is 1.91. The summed E-state index contributed by atoms with van der Waals surface area (Å²) in [6.45, 7) is 1.76. The summed E-state index contributed by atoms with van der Waals surface area (Å²) in [5.41, 5.74) is 1.66. The minimum absolute atomic E-state index is 0.159. The normalized spacial score (nSPS) is 13.6. The Kier molecular flexibility index (Phi) is 5.77. The van der Waals surface area contributed by atoms with Gasteiger partial charge < -0.3 is 18.9 Å². The van der Waals surface area contributed by atoms with Gasteiger partial charge in [0.1, 0.15) is 23.0 Å². The molecule has 1 aliphatic heterocycles. The molecule has 1 aliphatic rings. The van der Waals surface area contributed by atoms with Gasteiger partial charge in [-0.15, -0.1) is 11.3 Å². The Hall–Kier alpha value is -3.58. The number of esters is 1. The Bertz CT molecular complexity index is 1180. The Labute approximate surface area is 183 Å². The first-order chi connectivity index (χ1) is 15.0. The number of carbonyl (C=O) groups excluding carboxylic acids is 2. The number of allylic oxidation sites excluding steroid dienone is 1. The van der Waals surface area contributed by atoms with Gasteiger partial charge in [0.15, 0.2) is 5.76 Å². The summed E-state index contributed by atoms with van der Waals surface area (Å²) >= 11 is 1.50. The second-order valence-electron chi connectivity index (χ2n) is 6.84. The maximum atomic E-state index is 12.9. The van der Waals surface area contributed by atoms with Crippen LogP contribution in [0.2, 0.25) is 0 Å². The lowest BCUT2D eigenvalue weighted by molar-refractivity contribution is -0.133. The zero-order valence-corrected chi connectivity index (χ0v) is 18.1. The monoisotopic (exact) mass is 436 g/mol. The molecule has 0 saturated carbocycles. The Morgan fingerprint density at radius 2 is 1.90 bits per heavy atom. The van der Waals surface area contributed by atoms with Gasteiger partial charge in [-0.2, -0.15) is 0 Å². The average molecular weight is 436 g/mol. The molecule has 0 saturated heterocycles. The van der Waals surface area contributed by atoms with Crippen molar-refractivity contribution in [1.29, 1.82) is 0 Å². The lowest BCUT2D eigenvalue weighted by Crippen LogP contribution is -2.11. The molecule has 0 unspecified atom stereocenters. The van der Waals surface area contributed by atoms with Gasteiger partial charge in [0.05, 0.1) is 26.2 Å². The molecule has 0 N–H and O–H groups in total. The van der Waals surface area contributed by atoms with E-state index >= 15 is 0 Å². The van der Waals surface area contributed by atoms with Crippen molar-refractivity contribution in [2.75, 3.05) is 14.2 Å². The molecule has 0 amide bonds. The molecule has 4 rings (SSSR count). The van der Waals surface area contributed by atoms with Crippen molar-refractivity contribution in [3.05, 3.63) is 75.2 Å². The van der Waals surface area contributed by atoms with Crippen LogP contribution in [0, 0.1) is 6.92 Å². The van der Waals surface area contributed by atoms with Gasteiger partial charge in [-0.3, -0.25) is 9.59 Å². The molecule has 6 nitrogen and oxygen atoms in total. The lowest BCUT2D eigenvalue weighted by Gasteiger charge is -2.10. The quantitative estimate of drug-likeness (QED) is 0.313. The van der Waals surface area contributed by atoms with Crippen LogP contribution in [-0.2, 0) is 11.2 Å². The molecule has 2 heterocycles. The maximum absolute atomic E-state index is 12.9. The van der Waals surface area contributed by atoms with Gasteiger partial charge in [-0.05, 0) is 54.8 Å². The Morgan fingerprint density at radius 1 is 1.10 bits per heavy atom. The first-order valence-electron chi connectivity index (χ1n) is 9.53. The summed E-state index contributed by atoms with van der Waals surface area (Å²) in [6, 6.07) is 12.3. The fraction of sp³-hybridized carbons (Fsp3) is 0.167.